The van der Waals surface area contributed by atoms with Crippen molar-refractivity contribution in [3.63, 3.8) is 0 Å². The molecule has 57 heteroatoms. The molecule has 0 aromatic carbocycles. The topological polar surface area (TPSA) is 704 Å². The van der Waals surface area contributed by atoms with Crippen LogP contribution >= 0.6 is 0 Å². The summed E-state index contributed by atoms with van der Waals surface area (Å²) in [6.07, 6.45) is -78.8. The van der Waals surface area contributed by atoms with E-state index in [1.807, 2.05) is 0 Å². The Morgan fingerprint density at radius 3 is 0.439 bits per heavy atom. The van der Waals surface area contributed by atoms with E-state index in [2.05, 4.69) is 10.0 Å². The Balaban J connectivity index is 1.51. The van der Waals surface area contributed by atoms with Gasteiger partial charge in [-0.25, -0.2) is 0 Å². The summed E-state index contributed by atoms with van der Waals surface area (Å²) in [5, 5.41) is 3.87. The normalized spacial score (nSPS) is 34.8. The van der Waals surface area contributed by atoms with Gasteiger partial charge in [0.05, 0.1) is 0 Å². The molecule has 776 valence electrons. The lowest BCUT2D eigenvalue weighted by Crippen LogP contribution is -2.70. The third-order valence-corrected chi connectivity index (χ3v) is 20.5. The Morgan fingerprint density at radius 1 is 0.180 bits per heavy atom. The Hall–Kier alpha value is -11.8. The molecular formula is C82H109N3O54. The van der Waals surface area contributed by atoms with Crippen LogP contribution in [0.4, 0.5) is 0 Å². The highest BCUT2D eigenvalue weighted by atomic mass is 16.8. The monoisotopic (exact) mass is 2000 g/mol. The van der Waals surface area contributed by atoms with Gasteiger partial charge in [-0.1, -0.05) is 5.11 Å². The summed E-state index contributed by atoms with van der Waals surface area (Å²) in [6.45, 7) is 8.70. The van der Waals surface area contributed by atoms with Crippen molar-refractivity contribution in [2.24, 2.45) is 5.11 Å². The summed E-state index contributed by atoms with van der Waals surface area (Å²) in [5.41, 5.74) is 10.7. The summed E-state index contributed by atoms with van der Waals surface area (Å²) in [7, 11) is 0. The highest BCUT2D eigenvalue weighted by Crippen LogP contribution is 2.45. The molecule has 0 N–H and O–H groups in total. The number of carbonyl (C=O) groups is 20. The van der Waals surface area contributed by atoms with Crippen molar-refractivity contribution in [2.45, 2.75) is 353 Å². The smallest absolute Gasteiger partial charge is 0.303 e. The molecule has 0 aromatic rings. The van der Waals surface area contributed by atoms with Crippen LogP contribution in [-0.4, -0.2) is 381 Å². The zero-order chi connectivity index (χ0) is 103. The standard InChI is InChI=1S/C82H109N3O54/c1-28(86)106-21-48-56-63(113-35(8)93)55(84-85-83)76(126-48)133-57-49(22-107-29(2)87)127-78(70(120-42(15)100)64(57)114-36(9)94)135-59-51(24-109-31(4)89)129-80(72(122-44(17)102)66(59)116-38(11)96)137-61-53(26-111-33(6)91)131-82(74(124-46(19)104)68(61)118-40(13)98)139-62-54(27-112-34(7)92)132-81(75(125-47(20)105)69(62)119-41(14)99)138-60-52(25-110-32(5)90)130-79(73(123-45(18)103)67(60)117-39(12)97)136-58-50(23-108-30(3)88)128-77(134-56)71(121-43(16)101)65(58)115-37(10)95/h48-82H,21-27H2,1-20H3. The van der Waals surface area contributed by atoms with Crippen molar-refractivity contribution in [3.05, 3.63) is 10.4 Å². The largest absolute Gasteiger partial charge is 0.463 e. The second-order valence-corrected chi connectivity index (χ2v) is 31.8. The summed E-state index contributed by atoms with van der Waals surface area (Å²) in [4.78, 5) is 276. The van der Waals surface area contributed by atoms with E-state index in [1.54, 1.807) is 0 Å². The van der Waals surface area contributed by atoms with Crippen molar-refractivity contribution in [1.82, 2.24) is 0 Å². The van der Waals surface area contributed by atoms with Gasteiger partial charge in [0.2, 0.25) is 0 Å². The number of hydrogen-bond acceptors (Lipinski definition) is 55. The van der Waals surface area contributed by atoms with E-state index >= 15 is 0 Å². The van der Waals surface area contributed by atoms with Crippen LogP contribution in [0.3, 0.4) is 0 Å². The first kappa shape index (κ1) is 112. The molecule has 0 radical (unpaired) electrons. The van der Waals surface area contributed by atoms with Crippen LogP contribution in [0.5, 0.6) is 0 Å². The van der Waals surface area contributed by atoms with Crippen LogP contribution in [0.2, 0.25) is 0 Å². The number of carbonyl (C=O) groups excluding carboxylic acids is 20. The highest BCUT2D eigenvalue weighted by Gasteiger charge is 2.66. The van der Waals surface area contributed by atoms with Crippen molar-refractivity contribution < 1.29 is 257 Å². The fourth-order valence-corrected chi connectivity index (χ4v) is 15.9. The summed E-state index contributed by atoms with van der Waals surface area (Å²) >= 11 is 0. The molecule has 21 saturated heterocycles. The molecule has 35 atom stereocenters. The zero-order valence-corrected chi connectivity index (χ0v) is 78.5. The van der Waals surface area contributed by atoms with E-state index in [9.17, 15) is 101 Å². The maximum absolute atomic E-state index is 13.9. The molecule has 0 amide bonds. The SMILES string of the molecule is CC(=O)OCC1OC2OC3C(COC(C)=O)OC(OC4C(COC(C)=O)OC(OC5C(COC(C)=O)OC(OC6C(COC(C)=O)OC(OC7C(COC(C)=O)OC(OC8C(COC(C)=O)OC(OC1C(OC(C)=O)C2N=[N+]=[N-])C(OC(C)=O)C8OC(C)=O)C(OC(C)=O)C7OC(C)=O)C(OC(C)=O)C6OC(C)=O)C(OC(C)=O)C5OC(C)=O)C(OC(C)=O)C4OC(C)=O)C(OC(C)=O)C3OC(C)=O. The molecule has 21 fully saturated rings. The zero-order valence-electron chi connectivity index (χ0n) is 78.5. The first-order valence-electron chi connectivity index (χ1n) is 42.7. The average Bonchev–Trinajstić information content (AvgIpc) is 1.03. The number of ether oxygens (including phenoxy) is 34. The quantitative estimate of drug-likeness (QED) is 0.0257. The first-order valence-corrected chi connectivity index (χ1v) is 42.7. The lowest BCUT2D eigenvalue weighted by atomic mass is 9.94. The van der Waals surface area contributed by atoms with E-state index in [0.29, 0.717) is 0 Å². The number of rotatable bonds is 28. The summed E-state index contributed by atoms with van der Waals surface area (Å²) in [6, 6.07) is -2.31. The molecule has 0 spiro atoms. The van der Waals surface area contributed by atoms with E-state index in [1.165, 1.54) is 0 Å². The van der Waals surface area contributed by atoms with E-state index in [0.717, 1.165) is 138 Å². The Bertz CT molecular complexity index is 4400. The predicted octanol–water partition coefficient (Wildman–Crippen LogP) is -2.50. The summed E-state index contributed by atoms with van der Waals surface area (Å²) in [5.74, 6) is -24.8. The second kappa shape index (κ2) is 51.4. The Morgan fingerprint density at radius 2 is 0.302 bits per heavy atom. The fourth-order valence-electron chi connectivity index (χ4n) is 15.9. The van der Waals surface area contributed by atoms with Crippen molar-refractivity contribution in [1.29, 1.82) is 0 Å². The molecule has 0 aliphatic carbocycles. The Kier molecular flexibility index (Phi) is 41.5. The number of esters is 20. The molecule has 21 rings (SSSR count). The molecule has 0 saturated carbocycles. The van der Waals surface area contributed by atoms with Gasteiger partial charge in [-0.3, -0.25) is 95.9 Å². The average molecular weight is 2000 g/mol. The molecule has 14 bridgehead atoms. The van der Waals surface area contributed by atoms with Crippen LogP contribution < -0.4 is 0 Å². The van der Waals surface area contributed by atoms with Gasteiger partial charge in [0, 0.05) is 143 Å². The first-order chi connectivity index (χ1) is 65.3. The lowest BCUT2D eigenvalue weighted by molar-refractivity contribution is -0.396. The van der Waals surface area contributed by atoms with Gasteiger partial charge in [0.1, 0.15) is 144 Å². The van der Waals surface area contributed by atoms with E-state index in [-0.39, 0.29) is 0 Å². The van der Waals surface area contributed by atoms with Crippen LogP contribution in [-0.2, 0) is 257 Å². The molecule has 21 heterocycles. The Labute approximate surface area is 788 Å². The molecule has 35 unspecified atom stereocenters. The van der Waals surface area contributed by atoms with Gasteiger partial charge in [-0.05, 0) is 5.53 Å². The minimum atomic E-state index is -2.47. The molecule has 21 aliphatic heterocycles. The van der Waals surface area contributed by atoms with Crippen molar-refractivity contribution in [2.75, 3.05) is 46.2 Å². The molecule has 0 aromatic heterocycles. The van der Waals surface area contributed by atoms with Crippen LogP contribution in [0, 0.1) is 0 Å². The van der Waals surface area contributed by atoms with Crippen molar-refractivity contribution >= 4 is 119 Å². The van der Waals surface area contributed by atoms with Gasteiger partial charge in [-0.2, -0.15) is 0 Å². The van der Waals surface area contributed by atoms with Crippen LogP contribution in [0.25, 0.3) is 10.4 Å². The molecule has 57 nitrogen and oxygen atoms in total. The highest BCUT2D eigenvalue weighted by molar-refractivity contribution is 5.73. The molecule has 21 aliphatic rings. The van der Waals surface area contributed by atoms with Gasteiger partial charge < -0.3 is 161 Å². The lowest BCUT2D eigenvalue weighted by Gasteiger charge is -2.52. The molecular weight excluding hydrogens is 1890 g/mol. The van der Waals surface area contributed by atoms with Crippen LogP contribution in [0.15, 0.2) is 5.11 Å². The number of nitrogens with zero attached hydrogens (tertiary/aromatic N) is 3. The van der Waals surface area contributed by atoms with Crippen LogP contribution in [0.1, 0.15) is 138 Å². The van der Waals surface area contributed by atoms with Gasteiger partial charge >= 0.3 is 119 Å². The van der Waals surface area contributed by atoms with Gasteiger partial charge in [-0.15, -0.1) is 0 Å². The summed E-state index contributed by atoms with van der Waals surface area (Å²) < 4.78 is 208. The minimum Gasteiger partial charge on any atom is -0.463 e. The van der Waals surface area contributed by atoms with Gasteiger partial charge in [0.25, 0.3) is 0 Å². The third kappa shape index (κ3) is 32.1. The van der Waals surface area contributed by atoms with Crippen molar-refractivity contribution in [3.8, 4) is 0 Å². The third-order valence-electron chi connectivity index (χ3n) is 20.5. The van der Waals surface area contributed by atoms with E-state index < -0.39 is 381 Å². The molecule has 139 heavy (non-hydrogen) atoms. The number of hydrogen-bond donors (Lipinski definition) is 0. The maximum atomic E-state index is 13.9. The minimum absolute atomic E-state index is 0.792. The van der Waals surface area contributed by atoms with E-state index in [4.69, 9.17) is 161 Å². The maximum Gasteiger partial charge on any atom is 0.303 e. The fraction of sp³-hybridized carbons (Fsp3) is 0.756. The number of azide groups is 1. The predicted molar refractivity (Wildman–Crippen MR) is 426 cm³/mol. The van der Waals surface area contributed by atoms with Gasteiger partial charge in [0.15, 0.2) is 117 Å². The second-order valence-electron chi connectivity index (χ2n) is 31.8.